The molecule has 0 bridgehead atoms. The monoisotopic (exact) mass is 380 g/mol. The second kappa shape index (κ2) is 6.83. The van der Waals surface area contributed by atoms with Crippen molar-refractivity contribution in [2.45, 2.75) is 6.92 Å². The summed E-state index contributed by atoms with van der Waals surface area (Å²) in [7, 11) is 0. The van der Waals surface area contributed by atoms with Crippen molar-refractivity contribution < 1.29 is 9.32 Å². The first kappa shape index (κ1) is 17.1. The minimum Gasteiger partial charge on any atom is -0.335 e. The molecule has 5 aromatic rings. The second-order valence-electron chi connectivity index (χ2n) is 6.70. The molecule has 0 fully saturated rings. The van der Waals surface area contributed by atoms with Crippen LogP contribution in [0.25, 0.3) is 33.3 Å². The number of aryl methyl sites for hydroxylation is 1. The van der Waals surface area contributed by atoms with Gasteiger partial charge in [-0.1, -0.05) is 53.7 Å². The minimum atomic E-state index is -0.265. The number of amides is 1. The maximum Gasteiger partial charge on any atom is 0.259 e. The molecule has 3 aromatic heterocycles. The maximum absolute atomic E-state index is 13.3. The Morgan fingerprint density at radius 3 is 2.69 bits per heavy atom. The average molecular weight is 380 g/mol. The second-order valence-corrected chi connectivity index (χ2v) is 6.70. The van der Waals surface area contributed by atoms with Crippen molar-refractivity contribution in [3.05, 3.63) is 84.2 Å². The van der Waals surface area contributed by atoms with Crippen LogP contribution >= 0.6 is 0 Å². The Morgan fingerprint density at radius 1 is 1.00 bits per heavy atom. The van der Waals surface area contributed by atoms with Gasteiger partial charge < -0.3 is 9.84 Å². The quantitative estimate of drug-likeness (QED) is 0.476. The summed E-state index contributed by atoms with van der Waals surface area (Å²) in [6.07, 6.45) is 1.71. The van der Waals surface area contributed by atoms with Gasteiger partial charge in [0.2, 0.25) is 0 Å². The Balaban J connectivity index is 1.63. The highest BCUT2D eigenvalue weighted by Gasteiger charge is 2.20. The molecule has 0 saturated heterocycles. The molecule has 0 unspecified atom stereocenters. The summed E-state index contributed by atoms with van der Waals surface area (Å²) in [5.41, 5.74) is 4.34. The Hall–Kier alpha value is -4.06. The number of fused-ring (bicyclic) bond motifs is 2. The molecule has 0 saturated carbocycles. The van der Waals surface area contributed by atoms with E-state index in [1.165, 1.54) is 0 Å². The predicted octanol–water partition coefficient (Wildman–Crippen LogP) is 5.00. The molecule has 1 amide bonds. The maximum atomic E-state index is 13.3. The topological polar surface area (TPSA) is 80.9 Å². The lowest BCUT2D eigenvalue weighted by Gasteiger charge is -2.10. The van der Waals surface area contributed by atoms with Crippen molar-refractivity contribution in [1.29, 1.82) is 0 Å². The summed E-state index contributed by atoms with van der Waals surface area (Å²) in [6.45, 7) is 1.80. The van der Waals surface area contributed by atoms with Gasteiger partial charge in [0.15, 0.2) is 0 Å². The zero-order valence-electron chi connectivity index (χ0n) is 15.6. The lowest BCUT2D eigenvalue weighted by molar-refractivity contribution is 0.102. The van der Waals surface area contributed by atoms with Crippen molar-refractivity contribution in [2.24, 2.45) is 0 Å². The van der Waals surface area contributed by atoms with Gasteiger partial charge in [-0.3, -0.25) is 9.78 Å². The van der Waals surface area contributed by atoms with Crippen molar-refractivity contribution >= 4 is 33.6 Å². The summed E-state index contributed by atoms with van der Waals surface area (Å²) in [5.74, 6) is -0.265. The van der Waals surface area contributed by atoms with Crippen molar-refractivity contribution in [3.8, 4) is 11.3 Å². The van der Waals surface area contributed by atoms with E-state index in [1.54, 1.807) is 19.2 Å². The van der Waals surface area contributed by atoms with Crippen LogP contribution in [0.5, 0.6) is 0 Å². The lowest BCUT2D eigenvalue weighted by atomic mass is 10.0. The minimum absolute atomic E-state index is 0.265. The number of anilines is 1. The normalized spacial score (nSPS) is 11.1. The number of rotatable bonds is 3. The van der Waals surface area contributed by atoms with Gasteiger partial charge in [0.05, 0.1) is 33.5 Å². The van der Waals surface area contributed by atoms with Gasteiger partial charge in [0, 0.05) is 17.1 Å². The van der Waals surface area contributed by atoms with Crippen LogP contribution in [0.15, 0.2) is 77.4 Å². The molecule has 6 heteroatoms. The molecule has 0 aliphatic heterocycles. The molecule has 3 heterocycles. The van der Waals surface area contributed by atoms with Crippen molar-refractivity contribution in [3.63, 3.8) is 0 Å². The molecule has 5 rings (SSSR count). The van der Waals surface area contributed by atoms with Crippen LogP contribution in [0, 0.1) is 6.92 Å². The summed E-state index contributed by atoms with van der Waals surface area (Å²) >= 11 is 0. The van der Waals surface area contributed by atoms with E-state index < -0.39 is 0 Å². The Bertz CT molecular complexity index is 1350. The van der Waals surface area contributed by atoms with E-state index in [9.17, 15) is 4.79 Å². The molecule has 0 radical (unpaired) electrons. The van der Waals surface area contributed by atoms with Crippen LogP contribution in [0.2, 0.25) is 0 Å². The zero-order chi connectivity index (χ0) is 19.8. The third-order valence-electron chi connectivity index (χ3n) is 4.81. The van der Waals surface area contributed by atoms with Gasteiger partial charge in [-0.05, 0) is 25.1 Å². The smallest absolute Gasteiger partial charge is 0.259 e. The summed E-state index contributed by atoms with van der Waals surface area (Å²) in [6, 6.07) is 20.9. The molecule has 29 heavy (non-hydrogen) atoms. The van der Waals surface area contributed by atoms with E-state index in [0.29, 0.717) is 33.7 Å². The predicted molar refractivity (Wildman–Crippen MR) is 112 cm³/mol. The molecule has 0 atom stereocenters. The standard InChI is InChI=1S/C23H16N4O2/c1-14-20-17(13-19(26-23(20)29-27-14)15-7-3-2-4-8-15)22(28)25-18-11-5-9-16-10-6-12-24-21(16)18/h2-13H,1H3,(H,25,28). The van der Waals surface area contributed by atoms with Gasteiger partial charge in [-0.15, -0.1) is 0 Å². The van der Waals surface area contributed by atoms with Crippen LogP contribution in [0.4, 0.5) is 5.69 Å². The number of nitrogens with zero attached hydrogens (tertiary/aromatic N) is 3. The van der Waals surface area contributed by atoms with E-state index in [1.807, 2.05) is 60.7 Å². The van der Waals surface area contributed by atoms with Gasteiger partial charge in [0.1, 0.15) is 0 Å². The highest BCUT2D eigenvalue weighted by molar-refractivity contribution is 6.15. The Labute approximate surface area is 166 Å². The van der Waals surface area contributed by atoms with Gasteiger partial charge >= 0.3 is 0 Å². The van der Waals surface area contributed by atoms with Gasteiger partial charge in [-0.25, -0.2) is 4.98 Å². The molecular formula is C23H16N4O2. The first-order valence-electron chi connectivity index (χ1n) is 9.18. The number of aromatic nitrogens is 3. The molecule has 6 nitrogen and oxygen atoms in total. The van der Waals surface area contributed by atoms with Gasteiger partial charge in [0.25, 0.3) is 11.6 Å². The molecule has 0 aliphatic rings. The van der Waals surface area contributed by atoms with Crippen LogP contribution in [-0.4, -0.2) is 21.0 Å². The zero-order valence-corrected chi connectivity index (χ0v) is 15.6. The number of carbonyl (C=O) groups excluding carboxylic acids is 1. The van der Waals surface area contributed by atoms with E-state index in [4.69, 9.17) is 4.52 Å². The fraction of sp³-hybridized carbons (Fsp3) is 0.0435. The third-order valence-corrected chi connectivity index (χ3v) is 4.81. The summed E-state index contributed by atoms with van der Waals surface area (Å²) < 4.78 is 5.37. The molecule has 140 valence electrons. The average Bonchev–Trinajstić information content (AvgIpc) is 3.15. The Kier molecular flexibility index (Phi) is 4.02. The number of hydrogen-bond acceptors (Lipinski definition) is 5. The summed E-state index contributed by atoms with van der Waals surface area (Å²) in [4.78, 5) is 22.2. The molecule has 0 aliphatic carbocycles. The van der Waals surface area contributed by atoms with Crippen LogP contribution < -0.4 is 5.32 Å². The first-order chi connectivity index (χ1) is 14.2. The highest BCUT2D eigenvalue weighted by Crippen LogP contribution is 2.28. The lowest BCUT2D eigenvalue weighted by Crippen LogP contribution is -2.13. The molecule has 2 aromatic carbocycles. The third kappa shape index (κ3) is 3.00. The highest BCUT2D eigenvalue weighted by atomic mass is 16.5. The van der Waals surface area contributed by atoms with Crippen molar-refractivity contribution in [1.82, 2.24) is 15.1 Å². The molecule has 0 spiro atoms. The van der Waals surface area contributed by atoms with E-state index >= 15 is 0 Å². The fourth-order valence-corrected chi connectivity index (χ4v) is 3.43. The molecule has 1 N–H and O–H groups in total. The number of carbonyl (C=O) groups is 1. The van der Waals surface area contributed by atoms with Gasteiger partial charge in [-0.2, -0.15) is 0 Å². The number of benzene rings is 2. The Morgan fingerprint density at radius 2 is 1.83 bits per heavy atom. The fourth-order valence-electron chi connectivity index (χ4n) is 3.43. The molecular weight excluding hydrogens is 364 g/mol. The number of nitrogens with one attached hydrogen (secondary N) is 1. The van der Waals surface area contributed by atoms with Crippen LogP contribution in [0.1, 0.15) is 16.1 Å². The summed E-state index contributed by atoms with van der Waals surface area (Å²) in [5, 5.41) is 8.55. The van der Waals surface area contributed by atoms with Crippen LogP contribution in [0.3, 0.4) is 0 Å². The number of pyridine rings is 2. The van der Waals surface area contributed by atoms with E-state index in [0.717, 1.165) is 16.5 Å². The number of para-hydroxylation sites is 1. The van der Waals surface area contributed by atoms with E-state index in [2.05, 4.69) is 20.4 Å². The first-order valence-corrected chi connectivity index (χ1v) is 9.18. The SMILES string of the molecule is Cc1noc2nc(-c3ccccc3)cc(C(=O)Nc3cccc4cccnc34)c12. The van der Waals surface area contributed by atoms with Crippen molar-refractivity contribution in [2.75, 3.05) is 5.32 Å². The largest absolute Gasteiger partial charge is 0.335 e. The van der Waals surface area contributed by atoms with E-state index in [-0.39, 0.29) is 5.91 Å². The van der Waals surface area contributed by atoms with Crippen LogP contribution in [-0.2, 0) is 0 Å². The number of hydrogen-bond donors (Lipinski definition) is 1.